The minimum absolute atomic E-state index is 0.128. The van der Waals surface area contributed by atoms with Crippen molar-refractivity contribution in [3.05, 3.63) is 36.5 Å². The van der Waals surface area contributed by atoms with Crippen molar-refractivity contribution < 1.29 is 9.53 Å². The van der Waals surface area contributed by atoms with E-state index in [2.05, 4.69) is 19.9 Å². The first-order valence-corrected chi connectivity index (χ1v) is 9.26. The fourth-order valence-corrected chi connectivity index (χ4v) is 3.98. The number of carbonyl (C=O) groups is 1. The molecule has 0 aromatic carbocycles. The highest BCUT2D eigenvalue weighted by molar-refractivity contribution is 5.73. The number of nitrogens with one attached hydrogen (secondary N) is 1. The van der Waals surface area contributed by atoms with Gasteiger partial charge < -0.3 is 14.6 Å². The SMILES string of the molecule is CC(=O)N1CCC(N2CCOC[C@H]2c2ncc(-c3cccnc3)[nH]2)CC1. The summed E-state index contributed by atoms with van der Waals surface area (Å²) < 4.78 is 5.75. The number of nitrogens with zero attached hydrogens (tertiary/aromatic N) is 4. The van der Waals surface area contributed by atoms with E-state index in [1.807, 2.05) is 29.4 Å². The molecule has 7 nitrogen and oxygen atoms in total. The number of pyridine rings is 1. The Hall–Kier alpha value is -2.25. The van der Waals surface area contributed by atoms with Gasteiger partial charge in [0.25, 0.3) is 0 Å². The van der Waals surface area contributed by atoms with Gasteiger partial charge in [-0.2, -0.15) is 0 Å². The predicted molar refractivity (Wildman–Crippen MR) is 97.4 cm³/mol. The van der Waals surface area contributed by atoms with Crippen LogP contribution in [-0.2, 0) is 9.53 Å². The van der Waals surface area contributed by atoms with Crippen molar-refractivity contribution in [1.29, 1.82) is 0 Å². The first-order chi connectivity index (χ1) is 12.7. The maximum atomic E-state index is 11.6. The molecular weight excluding hydrogens is 330 g/mol. The zero-order valence-electron chi connectivity index (χ0n) is 15.1. The van der Waals surface area contributed by atoms with E-state index in [1.54, 1.807) is 13.1 Å². The second-order valence-corrected chi connectivity index (χ2v) is 6.99. The highest BCUT2D eigenvalue weighted by Crippen LogP contribution is 2.30. The van der Waals surface area contributed by atoms with E-state index >= 15 is 0 Å². The number of aromatic nitrogens is 3. The highest BCUT2D eigenvalue weighted by atomic mass is 16.5. The zero-order chi connectivity index (χ0) is 17.9. The monoisotopic (exact) mass is 355 g/mol. The van der Waals surface area contributed by atoms with Crippen LogP contribution in [0.15, 0.2) is 30.7 Å². The van der Waals surface area contributed by atoms with E-state index in [-0.39, 0.29) is 11.9 Å². The van der Waals surface area contributed by atoms with Crippen molar-refractivity contribution in [3.63, 3.8) is 0 Å². The topological polar surface area (TPSA) is 74.3 Å². The second-order valence-electron chi connectivity index (χ2n) is 6.99. The predicted octanol–water partition coefficient (Wildman–Crippen LogP) is 1.86. The lowest BCUT2D eigenvalue weighted by Gasteiger charge is -2.43. The fraction of sp³-hybridized carbons (Fsp3) is 0.526. The van der Waals surface area contributed by atoms with Gasteiger partial charge in [-0.15, -0.1) is 0 Å². The van der Waals surface area contributed by atoms with Crippen molar-refractivity contribution in [3.8, 4) is 11.3 Å². The molecule has 0 spiro atoms. The maximum absolute atomic E-state index is 11.6. The van der Waals surface area contributed by atoms with E-state index in [0.29, 0.717) is 12.6 Å². The molecule has 26 heavy (non-hydrogen) atoms. The molecule has 2 aliphatic rings. The van der Waals surface area contributed by atoms with Crippen LogP contribution in [0.3, 0.4) is 0 Å². The van der Waals surface area contributed by atoms with E-state index in [1.165, 1.54) is 0 Å². The quantitative estimate of drug-likeness (QED) is 0.910. The Labute approximate surface area is 153 Å². The number of rotatable bonds is 3. The first kappa shape index (κ1) is 17.2. The summed E-state index contributed by atoms with van der Waals surface area (Å²) in [4.78, 5) is 28.3. The normalized spacial score (nSPS) is 22.5. The van der Waals surface area contributed by atoms with Crippen LogP contribution < -0.4 is 0 Å². The number of aromatic amines is 1. The Balaban J connectivity index is 1.50. The lowest BCUT2D eigenvalue weighted by atomic mass is 10.00. The van der Waals surface area contributed by atoms with Gasteiger partial charge in [0.2, 0.25) is 5.91 Å². The fourth-order valence-electron chi connectivity index (χ4n) is 3.98. The van der Waals surface area contributed by atoms with Gasteiger partial charge in [0.1, 0.15) is 5.82 Å². The number of hydrogen-bond acceptors (Lipinski definition) is 5. The second kappa shape index (κ2) is 7.55. The van der Waals surface area contributed by atoms with Crippen LogP contribution in [0.25, 0.3) is 11.3 Å². The van der Waals surface area contributed by atoms with E-state index in [0.717, 1.165) is 56.2 Å². The summed E-state index contributed by atoms with van der Waals surface area (Å²) in [5, 5.41) is 0. The highest BCUT2D eigenvalue weighted by Gasteiger charge is 2.34. The van der Waals surface area contributed by atoms with Gasteiger partial charge >= 0.3 is 0 Å². The van der Waals surface area contributed by atoms with Gasteiger partial charge in [-0.1, -0.05) is 0 Å². The van der Waals surface area contributed by atoms with Crippen LogP contribution in [-0.4, -0.2) is 69.5 Å². The van der Waals surface area contributed by atoms with Crippen molar-refractivity contribution >= 4 is 5.91 Å². The Morgan fingerprint density at radius 3 is 2.85 bits per heavy atom. The summed E-state index contributed by atoms with van der Waals surface area (Å²) in [6.45, 7) is 5.62. The number of imidazole rings is 1. The number of morpholine rings is 1. The van der Waals surface area contributed by atoms with Crippen LogP contribution in [0.5, 0.6) is 0 Å². The maximum Gasteiger partial charge on any atom is 0.219 e. The average Bonchev–Trinajstić information content (AvgIpc) is 3.19. The molecule has 2 aromatic rings. The van der Waals surface area contributed by atoms with Crippen molar-refractivity contribution in [2.24, 2.45) is 0 Å². The number of likely N-dealkylation sites (tertiary alicyclic amines) is 1. The summed E-state index contributed by atoms with van der Waals surface area (Å²) in [5.74, 6) is 1.12. The number of carbonyl (C=O) groups excluding carboxylic acids is 1. The number of H-pyrrole nitrogens is 1. The molecule has 4 heterocycles. The van der Waals surface area contributed by atoms with Gasteiger partial charge in [0.05, 0.1) is 31.1 Å². The first-order valence-electron chi connectivity index (χ1n) is 9.26. The van der Waals surface area contributed by atoms with Crippen LogP contribution in [0, 0.1) is 0 Å². The standard InChI is InChI=1S/C19H25N5O2/c1-14(25)23-7-4-16(5-8-23)24-9-10-26-13-18(24)19-21-12-17(22-19)15-3-2-6-20-11-15/h2-3,6,11-12,16,18H,4-5,7-10,13H2,1H3,(H,21,22)/t18-/m0/s1. The smallest absolute Gasteiger partial charge is 0.219 e. The Kier molecular flexibility index (Phi) is 4.99. The molecule has 0 saturated carbocycles. The molecular formula is C19H25N5O2. The van der Waals surface area contributed by atoms with Gasteiger partial charge in [-0.05, 0) is 25.0 Å². The summed E-state index contributed by atoms with van der Waals surface area (Å²) in [6, 6.07) is 4.54. The third kappa shape index (κ3) is 3.50. The minimum atomic E-state index is 0.128. The molecule has 1 atom stereocenters. The number of piperidine rings is 1. The van der Waals surface area contributed by atoms with Crippen LogP contribution in [0.2, 0.25) is 0 Å². The molecule has 1 amide bonds. The van der Waals surface area contributed by atoms with Gasteiger partial charge in [0.15, 0.2) is 0 Å². The summed E-state index contributed by atoms with van der Waals surface area (Å²) in [6.07, 6.45) is 7.49. The van der Waals surface area contributed by atoms with E-state index in [9.17, 15) is 4.79 Å². The molecule has 138 valence electrons. The molecule has 2 fully saturated rings. The summed E-state index contributed by atoms with van der Waals surface area (Å²) >= 11 is 0. The van der Waals surface area contributed by atoms with Crippen LogP contribution >= 0.6 is 0 Å². The van der Waals surface area contributed by atoms with Crippen LogP contribution in [0.1, 0.15) is 31.6 Å². The lowest BCUT2D eigenvalue weighted by molar-refractivity contribution is -0.131. The van der Waals surface area contributed by atoms with Crippen LogP contribution in [0.4, 0.5) is 0 Å². The summed E-state index contributed by atoms with van der Waals surface area (Å²) in [7, 11) is 0. The van der Waals surface area contributed by atoms with E-state index < -0.39 is 0 Å². The Bertz CT molecular complexity index is 739. The minimum Gasteiger partial charge on any atom is -0.378 e. The number of amides is 1. The van der Waals surface area contributed by atoms with Gasteiger partial charge in [0, 0.05) is 50.6 Å². The molecule has 2 aliphatic heterocycles. The third-order valence-corrected chi connectivity index (χ3v) is 5.43. The van der Waals surface area contributed by atoms with Gasteiger partial charge in [-0.3, -0.25) is 14.7 Å². The number of hydrogen-bond donors (Lipinski definition) is 1. The van der Waals surface area contributed by atoms with E-state index in [4.69, 9.17) is 4.74 Å². The largest absolute Gasteiger partial charge is 0.378 e. The van der Waals surface area contributed by atoms with Crippen molar-refractivity contribution in [2.75, 3.05) is 32.8 Å². The van der Waals surface area contributed by atoms with Crippen molar-refractivity contribution in [2.45, 2.75) is 31.8 Å². The molecule has 4 rings (SSSR count). The summed E-state index contributed by atoms with van der Waals surface area (Å²) in [5.41, 5.74) is 2.01. The molecule has 7 heteroatoms. The number of ether oxygens (including phenoxy) is 1. The molecule has 2 saturated heterocycles. The Morgan fingerprint density at radius 1 is 1.27 bits per heavy atom. The molecule has 2 aromatic heterocycles. The lowest BCUT2D eigenvalue weighted by Crippen LogP contribution is -2.51. The molecule has 0 unspecified atom stereocenters. The average molecular weight is 355 g/mol. The van der Waals surface area contributed by atoms with Crippen molar-refractivity contribution in [1.82, 2.24) is 24.8 Å². The molecule has 0 radical (unpaired) electrons. The third-order valence-electron chi connectivity index (χ3n) is 5.43. The molecule has 0 aliphatic carbocycles. The molecule has 0 bridgehead atoms. The zero-order valence-corrected chi connectivity index (χ0v) is 15.1. The molecule has 1 N–H and O–H groups in total. The Morgan fingerprint density at radius 2 is 2.12 bits per heavy atom. The van der Waals surface area contributed by atoms with Gasteiger partial charge in [-0.25, -0.2) is 4.98 Å².